The van der Waals surface area contributed by atoms with Gasteiger partial charge in [0.25, 0.3) is 0 Å². The first kappa shape index (κ1) is 64.1. The van der Waals surface area contributed by atoms with Crippen molar-refractivity contribution in [2.75, 3.05) is 0 Å². The van der Waals surface area contributed by atoms with Crippen LogP contribution >= 0.6 is 0 Å². The first-order valence-electron chi connectivity index (χ1n) is 0. The van der Waals surface area contributed by atoms with Gasteiger partial charge in [-0.05, 0) is 0 Å². The van der Waals surface area contributed by atoms with Crippen LogP contribution in [0.25, 0.3) is 0 Å². The molecule has 0 fully saturated rings. The van der Waals surface area contributed by atoms with Crippen molar-refractivity contribution in [2.24, 2.45) is 0 Å². The molecule has 3 heteroatoms. The van der Waals surface area contributed by atoms with Crippen LogP contribution in [0, 0.1) is 0 Å². The van der Waals surface area contributed by atoms with Gasteiger partial charge in [0, 0.05) is 38.8 Å². The summed E-state index contributed by atoms with van der Waals surface area (Å²) in [5.74, 6) is 0. The van der Waals surface area contributed by atoms with Crippen LogP contribution in [0.5, 0.6) is 0 Å². The monoisotopic (exact) mass is 144 g/mol. The summed E-state index contributed by atoms with van der Waals surface area (Å²) in [4.78, 5) is 0. The zero-order valence-electron chi connectivity index (χ0n) is 1.51. The zero-order chi connectivity index (χ0) is 0. The minimum Gasteiger partial charge on any atom is -0.344 e. The molecule has 0 heterocycles. The van der Waals surface area contributed by atoms with Gasteiger partial charge in [0.15, 0.2) is 0 Å². The normalized spacial score (nSPS) is 0. The summed E-state index contributed by atoms with van der Waals surface area (Å²) >= 11 is 0. The molecular weight excluding hydrogens is 137 g/mol. The van der Waals surface area contributed by atoms with Gasteiger partial charge < -0.3 is 6.15 Å². The van der Waals surface area contributed by atoms with E-state index in [1.807, 2.05) is 0 Å². The molecule has 3 N–H and O–H groups in total. The van der Waals surface area contributed by atoms with Gasteiger partial charge in [-0.25, -0.2) is 0 Å². The number of hydrogen-bond acceptors (Lipinski definition) is 1. The number of hydrogen-bond donors (Lipinski definition) is 1. The molecule has 1 radical (unpaired) electrons. The molecule has 0 spiro atoms. The van der Waals surface area contributed by atoms with Crippen LogP contribution in [0.2, 0.25) is 0 Å². The molecule has 0 aromatic carbocycles. The fourth-order valence-corrected chi connectivity index (χ4v) is 0. The van der Waals surface area contributed by atoms with E-state index >= 15 is 0 Å². The molecule has 4 heavy (non-hydrogen) atoms. The second kappa shape index (κ2) is 30.0. The van der Waals surface area contributed by atoms with Gasteiger partial charge in [-0.3, -0.25) is 0 Å². The van der Waals surface area contributed by atoms with E-state index in [0.717, 1.165) is 0 Å². The second-order valence-electron chi connectivity index (χ2n) is 0. The first-order chi connectivity index (χ1) is 0. The molecule has 1 nitrogen and oxygen atoms in total. The van der Waals surface area contributed by atoms with E-state index in [9.17, 15) is 0 Å². The van der Waals surface area contributed by atoms with Gasteiger partial charge in [0.2, 0.25) is 0 Å². The summed E-state index contributed by atoms with van der Waals surface area (Å²) in [6.07, 6.45) is 0. The molecule has 0 aliphatic carbocycles. The molecular formula is CH7CuNTi. The molecule has 0 amide bonds. The smallest absolute Gasteiger partial charge is 0 e. The predicted molar refractivity (Wildman–Crippen MR) is 11.8 cm³/mol. The zero-order valence-corrected chi connectivity index (χ0v) is 4.01. The van der Waals surface area contributed by atoms with Crippen LogP contribution in [-0.4, -0.2) is 0 Å². The van der Waals surface area contributed by atoms with Crippen LogP contribution in [-0.2, 0) is 38.8 Å². The van der Waals surface area contributed by atoms with Gasteiger partial charge in [-0.2, -0.15) is 0 Å². The van der Waals surface area contributed by atoms with Gasteiger partial charge in [0.1, 0.15) is 0 Å². The van der Waals surface area contributed by atoms with E-state index in [1.54, 1.807) is 0 Å². The standard InChI is InChI=1S/CH4.Cu.H3N.Ti/h1H4;;1H3;. The minimum atomic E-state index is 0. The van der Waals surface area contributed by atoms with Crippen molar-refractivity contribution in [1.82, 2.24) is 6.15 Å². The summed E-state index contributed by atoms with van der Waals surface area (Å²) in [5, 5.41) is 0. The Morgan fingerprint density at radius 3 is 1.00 bits per heavy atom. The summed E-state index contributed by atoms with van der Waals surface area (Å²) < 4.78 is 0. The third-order valence-corrected chi connectivity index (χ3v) is 0. The third kappa shape index (κ3) is 10.8. The van der Waals surface area contributed by atoms with E-state index in [1.165, 1.54) is 0 Å². The Kier molecular flexibility index (Phi) is 481. The quantitative estimate of drug-likeness (QED) is 0.502. The minimum absolute atomic E-state index is 0. The summed E-state index contributed by atoms with van der Waals surface area (Å²) in [7, 11) is 0. The molecule has 0 aliphatic heterocycles. The van der Waals surface area contributed by atoms with Gasteiger partial charge in [-0.15, -0.1) is 0 Å². The molecule has 0 aromatic rings. The SMILES string of the molecule is C.N.[Cu].[Ti]. The Hall–Kier alpha value is 1.19. The van der Waals surface area contributed by atoms with Crippen LogP contribution in [0.15, 0.2) is 0 Å². The maximum Gasteiger partial charge on any atom is 0 e. The predicted octanol–water partition coefficient (Wildman–Crippen LogP) is 0.793. The summed E-state index contributed by atoms with van der Waals surface area (Å²) in [5.41, 5.74) is 0. The molecule has 0 unspecified atom stereocenters. The van der Waals surface area contributed by atoms with Crippen LogP contribution in [0.4, 0.5) is 0 Å². The largest absolute Gasteiger partial charge is 0.344 e. The van der Waals surface area contributed by atoms with E-state index in [2.05, 4.69) is 0 Å². The van der Waals surface area contributed by atoms with E-state index in [-0.39, 0.29) is 52.4 Å². The second-order valence-corrected chi connectivity index (χ2v) is 0. The van der Waals surface area contributed by atoms with E-state index < -0.39 is 0 Å². The van der Waals surface area contributed by atoms with Crippen molar-refractivity contribution in [1.29, 1.82) is 0 Å². The van der Waals surface area contributed by atoms with E-state index in [4.69, 9.17) is 0 Å². The molecule has 0 aliphatic rings. The van der Waals surface area contributed by atoms with Crippen molar-refractivity contribution < 1.29 is 38.8 Å². The Balaban J connectivity index is 0. The topological polar surface area (TPSA) is 35.0 Å². The maximum atomic E-state index is 0. The van der Waals surface area contributed by atoms with Crippen molar-refractivity contribution in [3.05, 3.63) is 0 Å². The first-order valence-corrected chi connectivity index (χ1v) is 0. The molecule has 0 saturated carbocycles. The summed E-state index contributed by atoms with van der Waals surface area (Å²) in [6.45, 7) is 0. The third-order valence-electron chi connectivity index (χ3n) is 0. The van der Waals surface area contributed by atoms with Crippen LogP contribution < -0.4 is 6.15 Å². The molecule has 31 valence electrons. The Bertz CT molecular complexity index is 8.00. The average Bonchev–Trinajstić information content (AvgIpc) is 0. The molecule has 0 rings (SSSR count). The van der Waals surface area contributed by atoms with Gasteiger partial charge >= 0.3 is 0 Å². The van der Waals surface area contributed by atoms with Crippen LogP contribution in [0.3, 0.4) is 0 Å². The van der Waals surface area contributed by atoms with Crippen LogP contribution in [0.1, 0.15) is 7.43 Å². The Morgan fingerprint density at radius 2 is 1.00 bits per heavy atom. The van der Waals surface area contributed by atoms with Crippen molar-refractivity contribution >= 4 is 0 Å². The molecule has 0 atom stereocenters. The molecule has 0 aromatic heterocycles. The van der Waals surface area contributed by atoms with Gasteiger partial charge in [-0.1, -0.05) is 7.43 Å². The van der Waals surface area contributed by atoms with Gasteiger partial charge in [0.05, 0.1) is 0 Å². The Morgan fingerprint density at radius 1 is 1.00 bits per heavy atom. The fraction of sp³-hybridized carbons (Fsp3) is 1.00. The maximum absolute atomic E-state index is 0. The fourth-order valence-electron chi connectivity index (χ4n) is 0. The summed E-state index contributed by atoms with van der Waals surface area (Å²) in [6, 6.07) is 0. The Labute approximate surface area is 52.5 Å². The molecule has 0 saturated heterocycles. The van der Waals surface area contributed by atoms with Crippen molar-refractivity contribution in [3.63, 3.8) is 0 Å². The number of rotatable bonds is 0. The van der Waals surface area contributed by atoms with Crippen molar-refractivity contribution in [2.45, 2.75) is 7.43 Å². The van der Waals surface area contributed by atoms with Crippen molar-refractivity contribution in [3.8, 4) is 0 Å². The molecule has 0 bridgehead atoms. The van der Waals surface area contributed by atoms with E-state index in [0.29, 0.717) is 0 Å². The average molecular weight is 144 g/mol.